The van der Waals surface area contributed by atoms with E-state index in [9.17, 15) is 14.9 Å². The Hall–Kier alpha value is -3.68. The van der Waals surface area contributed by atoms with Gasteiger partial charge in [0.2, 0.25) is 0 Å². The van der Waals surface area contributed by atoms with E-state index in [4.69, 9.17) is 10.5 Å². The van der Waals surface area contributed by atoms with Crippen molar-refractivity contribution < 1.29 is 14.5 Å². The molecule has 0 fully saturated rings. The molecule has 0 aliphatic rings. The maximum Gasteiger partial charge on any atom is 0.404 e. The minimum Gasteiger partial charge on any atom is -0.445 e. The molecule has 3 N–H and O–H groups in total. The molecule has 8 heteroatoms. The summed E-state index contributed by atoms with van der Waals surface area (Å²) in [6.45, 7) is 2.12. The number of carbonyl (C=O) groups is 1. The monoisotopic (exact) mass is 366 g/mol. The van der Waals surface area contributed by atoms with Gasteiger partial charge in [0, 0.05) is 11.9 Å². The number of nitrogens with one attached hydrogen (secondary N) is 1. The number of ether oxygens (including phenoxy) is 1. The van der Waals surface area contributed by atoms with E-state index in [0.29, 0.717) is 28.8 Å². The van der Waals surface area contributed by atoms with Gasteiger partial charge in [-0.05, 0) is 24.1 Å². The molecule has 2 aromatic carbocycles. The van der Waals surface area contributed by atoms with E-state index in [2.05, 4.69) is 10.3 Å². The van der Waals surface area contributed by atoms with E-state index >= 15 is 0 Å². The lowest BCUT2D eigenvalue weighted by atomic mass is 10.1. The molecule has 0 unspecified atom stereocenters. The number of aromatic nitrogens is 1. The van der Waals surface area contributed by atoms with Crippen LogP contribution in [0.2, 0.25) is 0 Å². The molecule has 0 bridgehead atoms. The molecular formula is C19H18N4O4. The summed E-state index contributed by atoms with van der Waals surface area (Å²) in [4.78, 5) is 26.1. The average Bonchev–Trinajstić information content (AvgIpc) is 2.64. The molecule has 0 atom stereocenters. The van der Waals surface area contributed by atoms with Crippen LogP contribution in [0.3, 0.4) is 0 Å². The van der Waals surface area contributed by atoms with Gasteiger partial charge in [0.05, 0.1) is 10.4 Å². The van der Waals surface area contributed by atoms with Crippen LogP contribution in [0, 0.1) is 17.0 Å². The number of nitro groups is 1. The zero-order valence-electron chi connectivity index (χ0n) is 14.6. The number of rotatable bonds is 6. The number of fused-ring (bicyclic) bond motifs is 1. The van der Waals surface area contributed by atoms with Crippen LogP contribution in [0.4, 0.5) is 16.2 Å². The van der Waals surface area contributed by atoms with Crippen molar-refractivity contribution in [2.24, 2.45) is 5.73 Å². The first-order valence-corrected chi connectivity index (χ1v) is 8.23. The van der Waals surface area contributed by atoms with Crippen molar-refractivity contribution in [1.82, 2.24) is 4.98 Å². The highest BCUT2D eigenvalue weighted by atomic mass is 16.6. The second-order valence-corrected chi connectivity index (χ2v) is 5.97. The number of aryl methyl sites for hydroxylation is 1. The third kappa shape index (κ3) is 4.12. The van der Waals surface area contributed by atoms with Crippen LogP contribution in [0.25, 0.3) is 10.9 Å². The fourth-order valence-corrected chi connectivity index (χ4v) is 2.83. The molecule has 8 nitrogen and oxygen atoms in total. The number of nitrogens with two attached hydrogens (primary N) is 1. The van der Waals surface area contributed by atoms with E-state index in [1.54, 1.807) is 13.0 Å². The fraction of sp³-hybridized carbons (Fsp3) is 0.158. The van der Waals surface area contributed by atoms with Gasteiger partial charge in [-0.15, -0.1) is 0 Å². The Morgan fingerprint density at radius 3 is 2.52 bits per heavy atom. The molecule has 3 rings (SSSR count). The van der Waals surface area contributed by atoms with Gasteiger partial charge in [0.25, 0.3) is 0 Å². The number of hydrogen-bond acceptors (Lipinski definition) is 6. The summed E-state index contributed by atoms with van der Waals surface area (Å²) in [6, 6.07) is 14.6. The van der Waals surface area contributed by atoms with Crippen LogP contribution in [-0.4, -0.2) is 16.0 Å². The maximum absolute atomic E-state index is 11.5. The van der Waals surface area contributed by atoms with Crippen LogP contribution < -0.4 is 11.1 Å². The Morgan fingerprint density at radius 2 is 1.85 bits per heavy atom. The number of anilines is 1. The van der Waals surface area contributed by atoms with Crippen molar-refractivity contribution in [3.8, 4) is 0 Å². The zero-order valence-corrected chi connectivity index (χ0v) is 14.6. The second kappa shape index (κ2) is 7.69. The normalized spacial score (nSPS) is 10.6. The predicted molar refractivity (Wildman–Crippen MR) is 101 cm³/mol. The summed E-state index contributed by atoms with van der Waals surface area (Å²) < 4.78 is 4.74. The summed E-state index contributed by atoms with van der Waals surface area (Å²) in [5.74, 6) is 0. The quantitative estimate of drug-likeness (QED) is 0.507. The van der Waals surface area contributed by atoms with Gasteiger partial charge in [0.1, 0.15) is 18.0 Å². The predicted octanol–water partition coefficient (Wildman–Crippen LogP) is 3.66. The Labute approximate surface area is 155 Å². The fourth-order valence-electron chi connectivity index (χ4n) is 2.83. The van der Waals surface area contributed by atoms with E-state index < -0.39 is 11.0 Å². The largest absolute Gasteiger partial charge is 0.445 e. The number of carbonyl (C=O) groups excluding carboxylic acids is 1. The number of hydrogen-bond donors (Lipinski definition) is 2. The molecule has 0 saturated heterocycles. The van der Waals surface area contributed by atoms with Gasteiger partial charge in [-0.2, -0.15) is 0 Å². The number of benzene rings is 2. The summed E-state index contributed by atoms with van der Waals surface area (Å²) >= 11 is 0. The van der Waals surface area contributed by atoms with Gasteiger partial charge >= 0.3 is 11.8 Å². The summed E-state index contributed by atoms with van der Waals surface area (Å²) in [5.41, 5.74) is 8.15. The highest BCUT2D eigenvalue weighted by molar-refractivity contribution is 5.96. The minimum absolute atomic E-state index is 0.0276. The maximum atomic E-state index is 11.5. The molecule has 0 saturated carbocycles. The molecule has 0 aliphatic heterocycles. The second-order valence-electron chi connectivity index (χ2n) is 5.97. The standard InChI is InChI=1S/C19H18N4O4/c1-12-18(23(25)26)17(15-4-2-3-5-16(15)22-12)21-10-13-6-8-14(9-7-13)11-27-19(20)24/h2-9H,10-11H2,1H3,(H2,20,24)(H,21,22). The number of amides is 1. The highest BCUT2D eigenvalue weighted by Crippen LogP contribution is 2.34. The molecule has 0 radical (unpaired) electrons. The van der Waals surface area contributed by atoms with Crippen LogP contribution in [0.15, 0.2) is 48.5 Å². The lowest BCUT2D eigenvalue weighted by Crippen LogP contribution is -2.12. The van der Waals surface area contributed by atoms with Crippen molar-refractivity contribution in [2.45, 2.75) is 20.1 Å². The Kier molecular flexibility index (Phi) is 5.16. The average molecular weight is 366 g/mol. The SMILES string of the molecule is Cc1nc2ccccc2c(NCc2ccc(COC(N)=O)cc2)c1[N+](=O)[O-]. The minimum atomic E-state index is -0.826. The number of nitrogens with zero attached hydrogens (tertiary/aromatic N) is 2. The van der Waals surface area contributed by atoms with Crippen molar-refractivity contribution in [3.63, 3.8) is 0 Å². The molecule has 1 amide bonds. The van der Waals surface area contributed by atoms with Gasteiger partial charge in [0.15, 0.2) is 0 Å². The number of para-hydroxylation sites is 1. The topological polar surface area (TPSA) is 120 Å². The van der Waals surface area contributed by atoms with E-state index in [1.165, 1.54) is 0 Å². The van der Waals surface area contributed by atoms with Gasteiger partial charge in [-0.25, -0.2) is 9.78 Å². The Balaban J connectivity index is 1.85. The number of pyridine rings is 1. The Bertz CT molecular complexity index is 1000. The first-order valence-electron chi connectivity index (χ1n) is 8.23. The lowest BCUT2D eigenvalue weighted by Gasteiger charge is -2.12. The molecule has 1 aromatic heterocycles. The Morgan fingerprint density at radius 1 is 1.19 bits per heavy atom. The summed E-state index contributed by atoms with van der Waals surface area (Å²) in [6.07, 6.45) is -0.826. The van der Waals surface area contributed by atoms with E-state index in [-0.39, 0.29) is 12.3 Å². The van der Waals surface area contributed by atoms with Gasteiger partial charge < -0.3 is 15.8 Å². The van der Waals surface area contributed by atoms with Crippen molar-refractivity contribution in [1.29, 1.82) is 0 Å². The highest BCUT2D eigenvalue weighted by Gasteiger charge is 2.21. The van der Waals surface area contributed by atoms with Crippen molar-refractivity contribution in [2.75, 3.05) is 5.32 Å². The molecule has 138 valence electrons. The first kappa shape index (κ1) is 18.1. The molecule has 27 heavy (non-hydrogen) atoms. The van der Waals surface area contributed by atoms with Crippen LogP contribution >= 0.6 is 0 Å². The van der Waals surface area contributed by atoms with E-state index in [0.717, 1.165) is 11.1 Å². The van der Waals surface area contributed by atoms with Crippen molar-refractivity contribution >= 4 is 28.4 Å². The summed E-state index contributed by atoms with van der Waals surface area (Å²) in [7, 11) is 0. The molecule has 0 spiro atoms. The molecular weight excluding hydrogens is 348 g/mol. The van der Waals surface area contributed by atoms with E-state index in [1.807, 2.05) is 42.5 Å². The van der Waals surface area contributed by atoms with Crippen LogP contribution in [0.5, 0.6) is 0 Å². The third-order valence-corrected chi connectivity index (χ3v) is 4.10. The smallest absolute Gasteiger partial charge is 0.404 e. The molecule has 1 heterocycles. The first-order chi connectivity index (χ1) is 13.0. The number of primary amides is 1. The van der Waals surface area contributed by atoms with Gasteiger partial charge in [-0.3, -0.25) is 10.1 Å². The van der Waals surface area contributed by atoms with Crippen molar-refractivity contribution in [3.05, 3.63) is 75.5 Å². The summed E-state index contributed by atoms with van der Waals surface area (Å²) in [5, 5.41) is 15.4. The lowest BCUT2D eigenvalue weighted by molar-refractivity contribution is -0.384. The zero-order chi connectivity index (χ0) is 19.4. The molecule has 3 aromatic rings. The van der Waals surface area contributed by atoms with Gasteiger partial charge in [-0.1, -0.05) is 42.5 Å². The van der Waals surface area contributed by atoms with Crippen LogP contribution in [0.1, 0.15) is 16.8 Å². The third-order valence-electron chi connectivity index (χ3n) is 4.10. The van der Waals surface area contributed by atoms with Crippen LogP contribution in [-0.2, 0) is 17.9 Å². The molecule has 0 aliphatic carbocycles.